The van der Waals surface area contributed by atoms with Gasteiger partial charge in [-0.25, -0.2) is 4.79 Å². The van der Waals surface area contributed by atoms with Gasteiger partial charge >= 0.3 is 6.09 Å². The van der Waals surface area contributed by atoms with Gasteiger partial charge in [-0.1, -0.05) is 5.16 Å². The third-order valence-electron chi connectivity index (χ3n) is 3.45. The molecule has 24 heavy (non-hydrogen) atoms. The summed E-state index contributed by atoms with van der Waals surface area (Å²) in [6, 6.07) is 5.43. The predicted octanol–water partition coefficient (Wildman–Crippen LogP) is 1.92. The summed E-state index contributed by atoms with van der Waals surface area (Å²) in [7, 11) is 1.73. The molecular formula is C14H14BrN5O3S. The number of thiocarbonyl (C=S) groups is 1. The van der Waals surface area contributed by atoms with Gasteiger partial charge in [0.2, 0.25) is 0 Å². The fraction of sp³-hybridized carbons (Fsp3) is 0.286. The number of hydrogen-bond donors (Lipinski definition) is 2. The van der Waals surface area contributed by atoms with E-state index in [0.717, 1.165) is 10.0 Å². The molecule has 1 amide bonds. The van der Waals surface area contributed by atoms with Crippen LogP contribution >= 0.6 is 28.1 Å². The first-order valence-corrected chi connectivity index (χ1v) is 8.29. The second kappa shape index (κ2) is 7.14. The Kier molecular flexibility index (Phi) is 4.95. The Labute approximate surface area is 151 Å². The number of anilines is 1. The van der Waals surface area contributed by atoms with Crippen molar-refractivity contribution in [1.82, 2.24) is 20.8 Å². The lowest BCUT2D eigenvalue weighted by molar-refractivity contribution is 0.143. The Balaban J connectivity index is 1.71. The van der Waals surface area contributed by atoms with E-state index < -0.39 is 6.09 Å². The molecular weight excluding hydrogens is 398 g/mol. The van der Waals surface area contributed by atoms with Gasteiger partial charge in [0.25, 0.3) is 5.89 Å². The van der Waals surface area contributed by atoms with Crippen LogP contribution in [0, 0.1) is 0 Å². The van der Waals surface area contributed by atoms with E-state index in [2.05, 4.69) is 36.7 Å². The quantitative estimate of drug-likeness (QED) is 0.736. The molecule has 0 saturated carbocycles. The Morgan fingerprint density at radius 2 is 2.38 bits per heavy atom. The number of aromatic nitrogens is 2. The first kappa shape index (κ1) is 16.7. The second-order valence-electron chi connectivity index (χ2n) is 4.99. The van der Waals surface area contributed by atoms with E-state index in [-0.39, 0.29) is 6.10 Å². The molecule has 126 valence electrons. The van der Waals surface area contributed by atoms with Crippen molar-refractivity contribution in [3.05, 3.63) is 29.0 Å². The summed E-state index contributed by atoms with van der Waals surface area (Å²) in [5, 5.41) is 9.90. The smallest absolute Gasteiger partial charge is 0.414 e. The standard InChI is InChI=1S/C14H14BrN5O3S/c1-16-13(24)17-5-9-6-20(14(21)22-9)8-2-3-10(11(15)4-8)12-18-7-19-23-12/h2-4,7,9H,5-6H2,1H3,(H2,16,17,24). The number of nitrogens with one attached hydrogen (secondary N) is 2. The number of nitrogens with zero attached hydrogens (tertiary/aromatic N) is 3. The molecule has 1 atom stereocenters. The summed E-state index contributed by atoms with van der Waals surface area (Å²) in [4.78, 5) is 17.7. The molecule has 1 aromatic heterocycles. The van der Waals surface area contributed by atoms with Gasteiger partial charge in [-0.2, -0.15) is 4.98 Å². The monoisotopic (exact) mass is 411 g/mol. The van der Waals surface area contributed by atoms with Crippen molar-refractivity contribution in [2.45, 2.75) is 6.10 Å². The van der Waals surface area contributed by atoms with Crippen LogP contribution in [0.4, 0.5) is 10.5 Å². The number of carbonyl (C=O) groups excluding carboxylic acids is 1. The average molecular weight is 412 g/mol. The summed E-state index contributed by atoms with van der Waals surface area (Å²) in [6.07, 6.45) is 0.661. The molecule has 2 N–H and O–H groups in total. The summed E-state index contributed by atoms with van der Waals surface area (Å²) in [6.45, 7) is 0.883. The highest BCUT2D eigenvalue weighted by Gasteiger charge is 2.32. The largest absolute Gasteiger partial charge is 0.442 e. The molecule has 0 aliphatic carbocycles. The van der Waals surface area contributed by atoms with Crippen LogP contribution in [-0.2, 0) is 4.74 Å². The van der Waals surface area contributed by atoms with Crippen molar-refractivity contribution >= 4 is 45.0 Å². The molecule has 8 nitrogen and oxygen atoms in total. The first-order chi connectivity index (χ1) is 11.6. The van der Waals surface area contributed by atoms with E-state index in [1.165, 1.54) is 6.33 Å². The van der Waals surface area contributed by atoms with Crippen LogP contribution in [0.1, 0.15) is 0 Å². The molecule has 2 aromatic rings. The highest BCUT2D eigenvalue weighted by Crippen LogP contribution is 2.32. The van der Waals surface area contributed by atoms with Crippen molar-refractivity contribution < 1.29 is 14.1 Å². The van der Waals surface area contributed by atoms with Crippen molar-refractivity contribution in [2.75, 3.05) is 25.0 Å². The van der Waals surface area contributed by atoms with Gasteiger partial charge in [0.1, 0.15) is 6.10 Å². The lowest BCUT2D eigenvalue weighted by Crippen LogP contribution is -2.39. The SMILES string of the molecule is CNC(=S)NCC1CN(c2ccc(-c3ncno3)c(Br)c2)C(=O)O1. The number of hydrogen-bond acceptors (Lipinski definition) is 6. The van der Waals surface area contributed by atoms with Gasteiger partial charge in [-0.15, -0.1) is 0 Å². The minimum atomic E-state index is -0.394. The Morgan fingerprint density at radius 3 is 3.04 bits per heavy atom. The number of cyclic esters (lactones) is 1. The third-order valence-corrected chi connectivity index (χ3v) is 4.45. The highest BCUT2D eigenvalue weighted by atomic mass is 79.9. The lowest BCUT2D eigenvalue weighted by Gasteiger charge is -2.14. The summed E-state index contributed by atoms with van der Waals surface area (Å²) in [5.74, 6) is 0.403. The predicted molar refractivity (Wildman–Crippen MR) is 94.7 cm³/mol. The van der Waals surface area contributed by atoms with Crippen LogP contribution in [0.5, 0.6) is 0 Å². The second-order valence-corrected chi connectivity index (χ2v) is 6.25. The number of amides is 1. The van der Waals surface area contributed by atoms with Crippen LogP contribution in [-0.4, -0.2) is 47.6 Å². The minimum absolute atomic E-state index is 0.279. The maximum Gasteiger partial charge on any atom is 0.414 e. The van der Waals surface area contributed by atoms with E-state index in [9.17, 15) is 4.79 Å². The summed E-state index contributed by atoms with van der Waals surface area (Å²) in [5.41, 5.74) is 1.47. The molecule has 0 spiro atoms. The van der Waals surface area contributed by atoms with Crippen LogP contribution in [0.25, 0.3) is 11.5 Å². The highest BCUT2D eigenvalue weighted by molar-refractivity contribution is 9.10. The molecule has 2 heterocycles. The normalized spacial score (nSPS) is 16.8. The van der Waals surface area contributed by atoms with Crippen LogP contribution in [0.3, 0.4) is 0 Å². The van der Waals surface area contributed by atoms with Gasteiger partial charge in [0, 0.05) is 17.2 Å². The van der Waals surface area contributed by atoms with Gasteiger partial charge < -0.3 is 19.9 Å². The first-order valence-electron chi connectivity index (χ1n) is 7.09. The summed E-state index contributed by atoms with van der Waals surface area (Å²) < 4.78 is 11.1. The maximum absolute atomic E-state index is 12.1. The molecule has 1 aliphatic rings. The molecule has 1 aromatic carbocycles. The molecule has 3 rings (SSSR count). The van der Waals surface area contributed by atoms with Gasteiger partial charge in [-0.3, -0.25) is 4.90 Å². The molecule has 1 fully saturated rings. The average Bonchev–Trinajstić information content (AvgIpc) is 3.22. The number of benzene rings is 1. The number of rotatable bonds is 4. The zero-order chi connectivity index (χ0) is 17.1. The van der Waals surface area contributed by atoms with Crippen molar-refractivity contribution in [3.63, 3.8) is 0 Å². The van der Waals surface area contributed by atoms with Crippen LogP contribution in [0.2, 0.25) is 0 Å². The van der Waals surface area contributed by atoms with Gasteiger partial charge in [0.05, 0.1) is 18.7 Å². The van der Waals surface area contributed by atoms with E-state index >= 15 is 0 Å². The molecule has 0 radical (unpaired) electrons. The van der Waals surface area contributed by atoms with E-state index in [1.807, 2.05) is 12.1 Å². The van der Waals surface area contributed by atoms with Crippen molar-refractivity contribution in [1.29, 1.82) is 0 Å². The molecule has 10 heteroatoms. The molecule has 1 saturated heterocycles. The Morgan fingerprint density at radius 1 is 1.54 bits per heavy atom. The lowest BCUT2D eigenvalue weighted by atomic mass is 10.2. The van der Waals surface area contributed by atoms with E-state index in [1.54, 1.807) is 18.0 Å². The Bertz CT molecular complexity index is 755. The van der Waals surface area contributed by atoms with Gasteiger partial charge in [-0.05, 0) is 46.3 Å². The minimum Gasteiger partial charge on any atom is -0.442 e. The number of halogens is 1. The van der Waals surface area contributed by atoms with Gasteiger partial charge in [0.15, 0.2) is 11.4 Å². The van der Waals surface area contributed by atoms with E-state index in [4.69, 9.17) is 21.5 Å². The van der Waals surface area contributed by atoms with Crippen molar-refractivity contribution in [3.8, 4) is 11.5 Å². The van der Waals surface area contributed by atoms with E-state index in [0.29, 0.717) is 29.8 Å². The number of carbonyl (C=O) groups is 1. The zero-order valence-corrected chi connectivity index (χ0v) is 15.1. The maximum atomic E-state index is 12.1. The molecule has 0 bridgehead atoms. The van der Waals surface area contributed by atoms with Crippen molar-refractivity contribution in [2.24, 2.45) is 0 Å². The third kappa shape index (κ3) is 3.49. The van der Waals surface area contributed by atoms with Crippen LogP contribution < -0.4 is 15.5 Å². The number of ether oxygens (including phenoxy) is 1. The van der Waals surface area contributed by atoms with Crippen LogP contribution in [0.15, 0.2) is 33.5 Å². The molecule has 1 unspecified atom stereocenters. The Hall–Kier alpha value is -2.20. The fourth-order valence-corrected chi connectivity index (χ4v) is 2.89. The topological polar surface area (TPSA) is 92.5 Å². The zero-order valence-electron chi connectivity index (χ0n) is 12.7. The fourth-order valence-electron chi connectivity index (χ4n) is 2.27. The summed E-state index contributed by atoms with van der Waals surface area (Å²) >= 11 is 8.48. The molecule has 1 aliphatic heterocycles.